The summed E-state index contributed by atoms with van der Waals surface area (Å²) in [5.74, 6) is 2.44. The Kier molecular flexibility index (Phi) is 9.27. The van der Waals surface area contributed by atoms with Crippen LogP contribution in [0.5, 0.6) is 5.75 Å². The molecule has 9 rings (SSSR count). The number of fused-ring (bicyclic) bond motifs is 2. The fourth-order valence-electron chi connectivity index (χ4n) is 7.16. The molecule has 0 radical (unpaired) electrons. The Hall–Kier alpha value is -7.09. The van der Waals surface area contributed by atoms with Crippen molar-refractivity contribution in [1.29, 1.82) is 5.41 Å². The number of aliphatic imine (C=N–C) groups is 1. The molecule has 0 aliphatic carbocycles. The number of thiophene rings is 1. The van der Waals surface area contributed by atoms with Crippen LogP contribution in [0.2, 0.25) is 0 Å². The van der Waals surface area contributed by atoms with Gasteiger partial charge in [0, 0.05) is 54.6 Å². The van der Waals surface area contributed by atoms with Gasteiger partial charge in [0.25, 0.3) is 0 Å². The number of rotatable bonds is 10. The van der Waals surface area contributed by atoms with Gasteiger partial charge in [-0.25, -0.2) is 15.0 Å². The first-order valence-corrected chi connectivity index (χ1v) is 19.1. The summed E-state index contributed by atoms with van der Waals surface area (Å²) < 4.78 is 7.43. The highest BCUT2D eigenvalue weighted by atomic mass is 32.1. The van der Waals surface area contributed by atoms with Crippen LogP contribution in [0.1, 0.15) is 27.6 Å². The van der Waals surface area contributed by atoms with Crippen LogP contribution in [0.25, 0.3) is 67.0 Å². The summed E-state index contributed by atoms with van der Waals surface area (Å²) in [6.45, 7) is 8.70. The Morgan fingerprint density at radius 3 is 2.02 bits per heavy atom. The van der Waals surface area contributed by atoms with E-state index in [0.717, 1.165) is 65.2 Å². The summed E-state index contributed by atoms with van der Waals surface area (Å²) in [4.78, 5) is 21.1. The molecule has 8 aromatic rings. The van der Waals surface area contributed by atoms with Crippen molar-refractivity contribution in [3.63, 3.8) is 0 Å². The first kappa shape index (κ1) is 34.7. The van der Waals surface area contributed by atoms with Crippen molar-refractivity contribution in [2.75, 3.05) is 0 Å². The summed E-state index contributed by atoms with van der Waals surface area (Å²) >= 11 is 1.59. The van der Waals surface area contributed by atoms with Crippen LogP contribution in [0.15, 0.2) is 176 Å². The number of para-hydroxylation sites is 1. The molecule has 0 bridgehead atoms. The van der Waals surface area contributed by atoms with Crippen LogP contribution >= 0.6 is 11.3 Å². The molecule has 1 aliphatic rings. The highest BCUT2D eigenvalue weighted by molar-refractivity contribution is 7.20. The van der Waals surface area contributed by atoms with E-state index in [1.54, 1.807) is 11.3 Å². The minimum absolute atomic E-state index is 0.261. The van der Waals surface area contributed by atoms with E-state index in [1.807, 2.05) is 140 Å². The maximum Gasteiger partial charge on any atom is 0.167 e. The average molecular weight is 742 g/mol. The van der Waals surface area contributed by atoms with Crippen LogP contribution in [-0.4, -0.2) is 33.0 Å². The number of hydrogen-bond acceptors (Lipinski definition) is 7. The van der Waals surface area contributed by atoms with Gasteiger partial charge in [-0.3, -0.25) is 4.99 Å². The molecule has 6 nitrogen and oxygen atoms in total. The minimum Gasteiger partial charge on any atom is -0.481 e. The van der Waals surface area contributed by atoms with Crippen LogP contribution in [-0.2, 0) is 0 Å². The Balaban J connectivity index is 1.13. The second-order valence-electron chi connectivity index (χ2n) is 13.4. The summed E-state index contributed by atoms with van der Waals surface area (Å²) in [6, 6.07) is 52.1. The third-order valence-corrected chi connectivity index (χ3v) is 11.2. The van der Waals surface area contributed by atoms with Gasteiger partial charge >= 0.3 is 0 Å². The Morgan fingerprint density at radius 2 is 1.27 bits per heavy atom. The second-order valence-corrected chi connectivity index (χ2v) is 14.5. The fraction of sp³-hybridized carbons (Fsp3) is 0.0408. The molecule has 7 heteroatoms. The predicted molar refractivity (Wildman–Crippen MR) is 231 cm³/mol. The number of benzene rings is 6. The number of hydrogen-bond donors (Lipinski definition) is 1. The Labute approximate surface area is 329 Å². The fourth-order valence-corrected chi connectivity index (χ4v) is 8.35. The van der Waals surface area contributed by atoms with E-state index in [1.165, 1.54) is 0 Å². The highest BCUT2D eigenvalue weighted by Crippen LogP contribution is 2.45. The molecule has 0 fully saturated rings. The van der Waals surface area contributed by atoms with Crippen molar-refractivity contribution >= 4 is 45.0 Å². The molecule has 1 N–H and O–H groups in total. The lowest BCUT2D eigenvalue weighted by Gasteiger charge is -2.19. The van der Waals surface area contributed by atoms with Crippen molar-refractivity contribution in [2.24, 2.45) is 4.99 Å². The van der Waals surface area contributed by atoms with Crippen LogP contribution in [0.4, 0.5) is 0 Å². The van der Waals surface area contributed by atoms with Gasteiger partial charge in [0.15, 0.2) is 23.6 Å². The van der Waals surface area contributed by atoms with E-state index in [2.05, 4.69) is 43.5 Å². The van der Waals surface area contributed by atoms with Crippen molar-refractivity contribution in [3.05, 3.63) is 192 Å². The molecule has 0 saturated heterocycles. The number of ether oxygens (including phenoxy) is 1. The largest absolute Gasteiger partial charge is 0.481 e. The van der Waals surface area contributed by atoms with Crippen LogP contribution < -0.4 is 4.74 Å². The molecule has 0 amide bonds. The van der Waals surface area contributed by atoms with Crippen molar-refractivity contribution in [3.8, 4) is 51.0 Å². The van der Waals surface area contributed by atoms with Gasteiger partial charge in [-0.2, -0.15) is 0 Å². The molecule has 56 heavy (non-hydrogen) atoms. The van der Waals surface area contributed by atoms with Crippen molar-refractivity contribution in [1.82, 2.24) is 15.0 Å². The molecule has 0 spiro atoms. The normalized spacial score (nSPS) is 14.7. The zero-order valence-electron chi connectivity index (χ0n) is 30.3. The Morgan fingerprint density at radius 1 is 0.661 bits per heavy atom. The zero-order chi connectivity index (χ0) is 38.0. The van der Waals surface area contributed by atoms with E-state index in [4.69, 9.17) is 24.7 Å². The lowest BCUT2D eigenvalue weighted by Crippen LogP contribution is -2.28. The van der Waals surface area contributed by atoms with Crippen molar-refractivity contribution < 1.29 is 4.74 Å². The van der Waals surface area contributed by atoms with Gasteiger partial charge in [0.1, 0.15) is 11.8 Å². The third kappa shape index (κ3) is 6.54. The summed E-state index contributed by atoms with van der Waals surface area (Å²) in [5, 5.41) is 10.5. The quantitative estimate of drug-likeness (QED) is 0.141. The van der Waals surface area contributed by atoms with E-state index >= 15 is 0 Å². The first-order chi connectivity index (χ1) is 27.6. The van der Waals surface area contributed by atoms with Gasteiger partial charge < -0.3 is 10.1 Å². The number of nitrogens with one attached hydrogen (secondary N) is 1. The van der Waals surface area contributed by atoms with E-state index < -0.39 is 12.1 Å². The topological polar surface area (TPSA) is 84.1 Å². The molecule has 2 unspecified atom stereocenters. The van der Waals surface area contributed by atoms with Crippen molar-refractivity contribution in [2.45, 2.75) is 12.1 Å². The molecule has 1 aliphatic heterocycles. The second kappa shape index (κ2) is 15.0. The summed E-state index contributed by atoms with van der Waals surface area (Å²) in [6.07, 6.45) is 3.02. The van der Waals surface area contributed by atoms with E-state index in [-0.39, 0.29) is 5.71 Å². The molecular weight excluding hydrogens is 707 g/mol. The first-order valence-electron chi connectivity index (χ1n) is 18.3. The SMILES string of the molecule is C=Cc1sc2c(-c3nc(-c4ccccc4)nc(-c4cccc(-c5ccccc5)c4)n3)cccc2c1C(=C)C(=N)C1Oc2ccccc2C1/N=C/c1ccccc1. The lowest BCUT2D eigenvalue weighted by atomic mass is 9.92. The summed E-state index contributed by atoms with van der Waals surface area (Å²) in [5.41, 5.74) is 8.42. The van der Waals surface area contributed by atoms with E-state index in [0.29, 0.717) is 23.0 Å². The standard InChI is InChI=1S/C49H35N5OS/c1-3-41-42(31(2)43(50)45-44(37-25-13-14-28-40(37)55-45)51-30-32-17-7-4-8-18-32)38-26-16-27-39(46(38)56-41)49-53-47(34-21-11-6-12-22-34)52-48(54-49)36-24-15-23-35(29-36)33-19-9-5-10-20-33/h3-30,44-45,50H,1-2H2/b50-43?,51-30+. The zero-order valence-corrected chi connectivity index (χ0v) is 31.2. The smallest absolute Gasteiger partial charge is 0.167 e. The minimum atomic E-state index is -0.665. The van der Waals surface area contributed by atoms with Crippen LogP contribution in [0, 0.1) is 5.41 Å². The highest BCUT2D eigenvalue weighted by Gasteiger charge is 2.38. The van der Waals surface area contributed by atoms with Gasteiger partial charge in [0.2, 0.25) is 0 Å². The van der Waals surface area contributed by atoms with Crippen LogP contribution in [0.3, 0.4) is 0 Å². The summed E-state index contributed by atoms with van der Waals surface area (Å²) in [7, 11) is 0. The molecule has 2 aromatic heterocycles. The maximum absolute atomic E-state index is 9.59. The average Bonchev–Trinajstić information content (AvgIpc) is 3.84. The van der Waals surface area contributed by atoms with Gasteiger partial charge in [-0.1, -0.05) is 159 Å². The molecule has 0 saturated carbocycles. The van der Waals surface area contributed by atoms with E-state index in [9.17, 15) is 5.41 Å². The molecule has 2 atom stereocenters. The van der Waals surface area contributed by atoms with Gasteiger partial charge in [-0.05, 0) is 34.9 Å². The third-order valence-electron chi connectivity index (χ3n) is 9.94. The molecular formula is C49H35N5OS. The number of nitrogens with zero attached hydrogens (tertiary/aromatic N) is 4. The molecule has 6 aromatic carbocycles. The lowest BCUT2D eigenvalue weighted by molar-refractivity contribution is 0.277. The Bertz CT molecular complexity index is 2790. The monoisotopic (exact) mass is 741 g/mol. The van der Waals surface area contributed by atoms with Gasteiger partial charge in [-0.15, -0.1) is 11.3 Å². The maximum atomic E-state index is 9.59. The predicted octanol–water partition coefficient (Wildman–Crippen LogP) is 12.1. The molecule has 3 heterocycles. The van der Waals surface area contributed by atoms with Gasteiger partial charge in [0.05, 0.1) is 5.71 Å². The molecule has 268 valence electrons. The number of aromatic nitrogens is 3.